The Morgan fingerprint density at radius 1 is 1.05 bits per heavy atom. The Morgan fingerprint density at radius 3 is 2.43 bits per heavy atom. The van der Waals surface area contributed by atoms with Crippen LogP contribution in [-0.2, 0) is 16.1 Å². The molecule has 0 atom stereocenters. The lowest BCUT2D eigenvalue weighted by molar-refractivity contribution is -0.140. The van der Waals surface area contributed by atoms with E-state index in [-0.39, 0.29) is 12.6 Å². The Morgan fingerprint density at radius 2 is 1.71 bits per heavy atom. The predicted octanol–water partition coefficient (Wildman–Crippen LogP) is 4.48. The summed E-state index contributed by atoms with van der Waals surface area (Å²) in [6.45, 7) is 5.47. The van der Waals surface area contributed by atoms with E-state index in [4.69, 9.17) is 4.74 Å². The first-order valence-corrected chi connectivity index (χ1v) is 6.80. The molecule has 0 bridgehead atoms. The van der Waals surface area contributed by atoms with Crippen LogP contribution in [0.1, 0.15) is 23.6 Å². The number of carbonyl (C=O) groups excluding carboxylic acids is 1. The Bertz CT molecular complexity index is 654. The number of hydrogen-bond donors (Lipinski definition) is 0. The van der Waals surface area contributed by atoms with Crippen LogP contribution in [0.4, 0.5) is 0 Å². The van der Waals surface area contributed by atoms with Crippen LogP contribution in [0, 0.1) is 0 Å². The molecule has 0 unspecified atom stereocenters. The van der Waals surface area contributed by atoms with E-state index < -0.39 is 0 Å². The molecule has 0 heterocycles. The zero-order valence-corrected chi connectivity index (χ0v) is 12.1. The maximum Gasteiger partial charge on any atom is 0.333 e. The van der Waals surface area contributed by atoms with E-state index >= 15 is 0 Å². The minimum absolute atomic E-state index is 0.251. The highest BCUT2D eigenvalue weighted by molar-refractivity contribution is 5.87. The third-order valence-corrected chi connectivity index (χ3v) is 3.02. The molecule has 0 aliphatic carbocycles. The van der Waals surface area contributed by atoms with Crippen LogP contribution in [0.3, 0.4) is 0 Å². The van der Waals surface area contributed by atoms with Gasteiger partial charge in [0.25, 0.3) is 0 Å². The summed E-state index contributed by atoms with van der Waals surface area (Å²) in [5.74, 6) is -0.364. The summed E-state index contributed by atoms with van der Waals surface area (Å²) in [5.41, 5.74) is 3.55. The smallest absolute Gasteiger partial charge is 0.333 e. The lowest BCUT2D eigenvalue weighted by atomic mass is 10.1. The molecule has 21 heavy (non-hydrogen) atoms. The fraction of sp³-hybridized carbons (Fsp3) is 0.105. The number of carbonyl (C=O) groups is 1. The summed E-state index contributed by atoms with van der Waals surface area (Å²) in [5, 5.41) is 0. The molecule has 2 heteroatoms. The molecular formula is C19H18O2. The number of rotatable bonds is 5. The van der Waals surface area contributed by atoms with E-state index in [9.17, 15) is 4.79 Å². The molecule has 0 saturated carbocycles. The van der Waals surface area contributed by atoms with E-state index in [1.165, 1.54) is 0 Å². The highest BCUT2D eigenvalue weighted by atomic mass is 16.5. The van der Waals surface area contributed by atoms with Gasteiger partial charge in [0.2, 0.25) is 0 Å². The van der Waals surface area contributed by atoms with E-state index in [0.717, 1.165) is 16.7 Å². The zero-order valence-electron chi connectivity index (χ0n) is 12.1. The maximum atomic E-state index is 11.5. The molecule has 106 valence electrons. The number of hydrogen-bond acceptors (Lipinski definition) is 2. The molecular weight excluding hydrogens is 260 g/mol. The van der Waals surface area contributed by atoms with Crippen LogP contribution in [-0.4, -0.2) is 5.97 Å². The van der Waals surface area contributed by atoms with Crippen molar-refractivity contribution in [1.82, 2.24) is 0 Å². The van der Waals surface area contributed by atoms with Crippen molar-refractivity contribution < 1.29 is 9.53 Å². The molecule has 0 amide bonds. The molecule has 0 fully saturated rings. The average Bonchev–Trinajstić information content (AvgIpc) is 2.52. The Balaban J connectivity index is 2.12. The molecule has 2 aromatic carbocycles. The summed E-state index contributed by atoms with van der Waals surface area (Å²) in [7, 11) is 0. The first-order chi connectivity index (χ1) is 10.2. The summed E-state index contributed by atoms with van der Waals surface area (Å²) < 4.78 is 5.21. The van der Waals surface area contributed by atoms with Gasteiger partial charge in [-0.1, -0.05) is 73.3 Å². The number of esters is 1. The van der Waals surface area contributed by atoms with Crippen LogP contribution < -0.4 is 0 Å². The Labute approximate surface area is 125 Å². The molecule has 2 nitrogen and oxygen atoms in total. The SMILES string of the molecule is C=C(C)C(=O)OCc1ccccc1C=Cc1ccccc1. The van der Waals surface area contributed by atoms with Crippen molar-refractivity contribution in [3.05, 3.63) is 83.4 Å². The minimum Gasteiger partial charge on any atom is -0.457 e. The fourth-order valence-electron chi connectivity index (χ4n) is 1.84. The molecule has 2 aromatic rings. The molecule has 0 aliphatic heterocycles. The quantitative estimate of drug-likeness (QED) is 0.458. The summed E-state index contributed by atoms with van der Waals surface area (Å²) >= 11 is 0. The predicted molar refractivity (Wildman–Crippen MR) is 86.4 cm³/mol. The van der Waals surface area contributed by atoms with Gasteiger partial charge in [0, 0.05) is 5.57 Å². The van der Waals surface area contributed by atoms with Crippen molar-refractivity contribution in [2.45, 2.75) is 13.5 Å². The Hall–Kier alpha value is -2.61. The lowest BCUT2D eigenvalue weighted by Crippen LogP contribution is -2.05. The van der Waals surface area contributed by atoms with E-state index in [1.54, 1.807) is 6.92 Å². The van der Waals surface area contributed by atoms with Crippen LogP contribution >= 0.6 is 0 Å². The normalized spacial score (nSPS) is 10.5. The van der Waals surface area contributed by atoms with Crippen LogP contribution in [0.15, 0.2) is 66.7 Å². The largest absolute Gasteiger partial charge is 0.457 e. The van der Waals surface area contributed by atoms with Gasteiger partial charge < -0.3 is 4.74 Å². The van der Waals surface area contributed by atoms with Crippen molar-refractivity contribution in [1.29, 1.82) is 0 Å². The molecule has 0 spiro atoms. The van der Waals surface area contributed by atoms with Crippen LogP contribution in [0.5, 0.6) is 0 Å². The highest BCUT2D eigenvalue weighted by Gasteiger charge is 2.05. The third-order valence-electron chi connectivity index (χ3n) is 3.02. The lowest BCUT2D eigenvalue weighted by Gasteiger charge is -2.07. The zero-order chi connectivity index (χ0) is 15.1. The standard InChI is InChI=1S/C19H18O2/c1-15(2)19(20)21-14-18-11-7-6-10-17(18)13-12-16-8-4-3-5-9-16/h3-13H,1,14H2,2H3. The van der Waals surface area contributed by atoms with Gasteiger partial charge in [-0.3, -0.25) is 0 Å². The van der Waals surface area contributed by atoms with Gasteiger partial charge >= 0.3 is 5.97 Å². The number of ether oxygens (including phenoxy) is 1. The molecule has 2 rings (SSSR count). The van der Waals surface area contributed by atoms with Crippen molar-refractivity contribution in [3.63, 3.8) is 0 Å². The fourth-order valence-corrected chi connectivity index (χ4v) is 1.84. The monoisotopic (exact) mass is 278 g/mol. The molecule has 0 aliphatic rings. The topological polar surface area (TPSA) is 26.3 Å². The van der Waals surface area contributed by atoms with E-state index in [1.807, 2.05) is 66.7 Å². The van der Waals surface area contributed by atoms with Crippen molar-refractivity contribution >= 4 is 18.1 Å². The molecule has 0 radical (unpaired) electrons. The van der Waals surface area contributed by atoms with Crippen molar-refractivity contribution in [3.8, 4) is 0 Å². The minimum atomic E-state index is -0.364. The first-order valence-electron chi connectivity index (χ1n) is 6.80. The average molecular weight is 278 g/mol. The van der Waals surface area contributed by atoms with Gasteiger partial charge in [0.05, 0.1) is 0 Å². The van der Waals surface area contributed by atoms with Gasteiger partial charge in [0.1, 0.15) is 6.61 Å². The van der Waals surface area contributed by atoms with Gasteiger partial charge in [-0.15, -0.1) is 0 Å². The van der Waals surface area contributed by atoms with Gasteiger partial charge in [-0.05, 0) is 23.6 Å². The van der Waals surface area contributed by atoms with Crippen LogP contribution in [0.2, 0.25) is 0 Å². The summed E-state index contributed by atoms with van der Waals surface area (Å²) in [6.07, 6.45) is 4.07. The van der Waals surface area contributed by atoms with Crippen LogP contribution in [0.25, 0.3) is 12.2 Å². The first kappa shape index (κ1) is 14.8. The number of benzene rings is 2. The second-order valence-corrected chi connectivity index (χ2v) is 4.80. The third kappa shape index (κ3) is 4.46. The summed E-state index contributed by atoms with van der Waals surface area (Å²) in [6, 6.07) is 17.9. The Kier molecular flexibility index (Phi) is 5.10. The highest BCUT2D eigenvalue weighted by Crippen LogP contribution is 2.15. The van der Waals surface area contributed by atoms with E-state index in [0.29, 0.717) is 5.57 Å². The maximum absolute atomic E-state index is 11.5. The van der Waals surface area contributed by atoms with Crippen molar-refractivity contribution in [2.75, 3.05) is 0 Å². The van der Waals surface area contributed by atoms with E-state index in [2.05, 4.69) is 6.58 Å². The summed E-state index contributed by atoms with van der Waals surface area (Å²) in [4.78, 5) is 11.5. The molecule has 0 aromatic heterocycles. The second-order valence-electron chi connectivity index (χ2n) is 4.80. The second kappa shape index (κ2) is 7.25. The van der Waals surface area contributed by atoms with Gasteiger partial charge in [-0.25, -0.2) is 4.79 Å². The van der Waals surface area contributed by atoms with Gasteiger partial charge in [-0.2, -0.15) is 0 Å². The van der Waals surface area contributed by atoms with Gasteiger partial charge in [0.15, 0.2) is 0 Å². The molecule has 0 saturated heterocycles. The molecule has 0 N–H and O–H groups in total. The van der Waals surface area contributed by atoms with Crippen molar-refractivity contribution in [2.24, 2.45) is 0 Å².